The van der Waals surface area contributed by atoms with Gasteiger partial charge in [0.25, 0.3) is 5.91 Å². The summed E-state index contributed by atoms with van der Waals surface area (Å²) in [6.45, 7) is -1.19. The molecule has 2 rings (SSSR count). The van der Waals surface area contributed by atoms with Crippen molar-refractivity contribution in [3.8, 4) is 6.07 Å². The average Bonchev–Trinajstić information content (AvgIpc) is 3.12. The first-order chi connectivity index (χ1) is 13.7. The van der Waals surface area contributed by atoms with Crippen LogP contribution < -0.4 is 9.62 Å². The van der Waals surface area contributed by atoms with E-state index in [1.165, 1.54) is 15.8 Å². The topological polar surface area (TPSA) is 134 Å². The molecule has 0 aliphatic heterocycles. The Morgan fingerprint density at radius 2 is 2.17 bits per heavy atom. The van der Waals surface area contributed by atoms with E-state index in [1.807, 2.05) is 6.07 Å². The fourth-order valence-corrected chi connectivity index (χ4v) is 3.39. The molecule has 1 heterocycles. The molecule has 0 aliphatic rings. The minimum absolute atomic E-state index is 0.0666. The van der Waals surface area contributed by atoms with E-state index in [-0.39, 0.29) is 17.9 Å². The lowest BCUT2D eigenvalue weighted by molar-refractivity contribution is -0.146. The lowest BCUT2D eigenvalue weighted by atomic mass is 10.2. The summed E-state index contributed by atoms with van der Waals surface area (Å²) >= 11 is 5.93. The van der Waals surface area contributed by atoms with Gasteiger partial charge in [-0.25, -0.2) is 8.42 Å². The van der Waals surface area contributed by atoms with E-state index in [2.05, 4.69) is 9.82 Å². The number of anilines is 1. The van der Waals surface area contributed by atoms with E-state index in [0.717, 1.165) is 6.20 Å². The van der Waals surface area contributed by atoms with Crippen molar-refractivity contribution in [1.82, 2.24) is 14.5 Å². The number of amides is 1. The third kappa shape index (κ3) is 6.56. The third-order valence-corrected chi connectivity index (χ3v) is 5.21. The normalized spacial score (nSPS) is 10.9. The largest absolute Gasteiger partial charge is 0.455 e. The van der Waals surface area contributed by atoms with Crippen molar-refractivity contribution in [3.05, 3.63) is 41.7 Å². The molecule has 29 heavy (non-hydrogen) atoms. The Kier molecular flexibility index (Phi) is 7.72. The van der Waals surface area contributed by atoms with E-state index in [0.29, 0.717) is 10.7 Å². The fourth-order valence-electron chi connectivity index (χ4n) is 2.25. The predicted octanol–water partition coefficient (Wildman–Crippen LogP) is 0.842. The molecular formula is C17H18ClN5O5S. The first kappa shape index (κ1) is 22.4. The molecule has 0 atom stereocenters. The highest BCUT2D eigenvalue weighted by molar-refractivity contribution is 7.89. The zero-order chi connectivity index (χ0) is 21.4. The lowest BCUT2D eigenvalue weighted by Crippen LogP contribution is -2.37. The Morgan fingerprint density at radius 1 is 1.41 bits per heavy atom. The van der Waals surface area contributed by atoms with Gasteiger partial charge in [0.1, 0.15) is 11.4 Å². The maximum absolute atomic E-state index is 12.4. The molecule has 1 amide bonds. The lowest BCUT2D eigenvalue weighted by Gasteiger charge is -2.21. The highest BCUT2D eigenvalue weighted by atomic mass is 35.5. The number of carbonyl (C=O) groups excluding carboxylic acids is 2. The summed E-state index contributed by atoms with van der Waals surface area (Å²) in [5, 5.41) is 12.9. The van der Waals surface area contributed by atoms with Gasteiger partial charge in [0.2, 0.25) is 10.0 Å². The Balaban J connectivity index is 1.93. The zero-order valence-corrected chi connectivity index (χ0v) is 17.0. The maximum Gasteiger partial charge on any atom is 0.321 e. The number of nitrogens with zero attached hydrogens (tertiary/aromatic N) is 4. The van der Waals surface area contributed by atoms with Crippen LogP contribution in [0.4, 0.5) is 5.69 Å². The van der Waals surface area contributed by atoms with Crippen molar-refractivity contribution in [2.24, 2.45) is 7.05 Å². The number of nitriles is 1. The van der Waals surface area contributed by atoms with Crippen LogP contribution in [0.25, 0.3) is 0 Å². The summed E-state index contributed by atoms with van der Waals surface area (Å²) in [6, 6.07) is 8.38. The smallest absolute Gasteiger partial charge is 0.321 e. The van der Waals surface area contributed by atoms with Gasteiger partial charge >= 0.3 is 5.97 Å². The van der Waals surface area contributed by atoms with Gasteiger partial charge in [-0.2, -0.15) is 15.1 Å². The number of benzene rings is 1. The second-order valence-corrected chi connectivity index (χ2v) is 7.97. The summed E-state index contributed by atoms with van der Waals surface area (Å²) in [6.07, 6.45) is 2.47. The van der Waals surface area contributed by atoms with E-state index in [1.54, 1.807) is 31.3 Å². The highest BCUT2D eigenvalue weighted by Crippen LogP contribution is 2.20. The second kappa shape index (κ2) is 10.0. The molecule has 0 saturated carbocycles. The SMILES string of the molecule is Cn1cc(S(=O)(=O)NCC(=O)OCC(=O)N(CCC#N)c2cccc(Cl)c2)cn1. The number of halogens is 1. The number of rotatable bonds is 9. The van der Waals surface area contributed by atoms with Gasteiger partial charge in [0.05, 0.1) is 18.7 Å². The Bertz CT molecular complexity index is 1030. The maximum atomic E-state index is 12.4. The van der Waals surface area contributed by atoms with E-state index in [9.17, 15) is 18.0 Å². The standard InChI is InChI=1S/C17H18ClN5O5S/c1-22-11-15(9-20-22)29(26,27)21-10-17(25)28-12-16(24)23(7-3-6-19)14-5-2-4-13(18)8-14/h2,4-5,8-9,11,21H,3,7,10,12H2,1H3. The van der Waals surface area contributed by atoms with Crippen LogP contribution >= 0.6 is 11.6 Å². The summed E-state index contributed by atoms with van der Waals surface area (Å²) in [5.74, 6) is -1.51. The van der Waals surface area contributed by atoms with Crippen molar-refractivity contribution in [1.29, 1.82) is 5.26 Å². The van der Waals surface area contributed by atoms with Crippen molar-refractivity contribution in [3.63, 3.8) is 0 Å². The quantitative estimate of drug-likeness (QED) is 0.572. The summed E-state index contributed by atoms with van der Waals surface area (Å²) < 4.78 is 32.3. The molecule has 1 aromatic carbocycles. The van der Waals surface area contributed by atoms with Crippen molar-refractivity contribution in [2.75, 3.05) is 24.6 Å². The number of carbonyl (C=O) groups is 2. The van der Waals surface area contributed by atoms with E-state index >= 15 is 0 Å². The van der Waals surface area contributed by atoms with E-state index in [4.69, 9.17) is 21.6 Å². The van der Waals surface area contributed by atoms with Crippen LogP contribution in [0.5, 0.6) is 0 Å². The van der Waals surface area contributed by atoms with Crippen LogP contribution in [0.3, 0.4) is 0 Å². The fraction of sp³-hybridized carbons (Fsp3) is 0.294. The molecule has 0 aliphatic carbocycles. The summed E-state index contributed by atoms with van der Waals surface area (Å²) in [4.78, 5) is 25.4. The number of sulfonamides is 1. The van der Waals surface area contributed by atoms with Gasteiger partial charge in [0, 0.05) is 30.5 Å². The minimum atomic E-state index is -3.93. The van der Waals surface area contributed by atoms with Gasteiger partial charge in [-0.3, -0.25) is 14.3 Å². The number of hydrogen-bond donors (Lipinski definition) is 1. The van der Waals surface area contributed by atoms with Gasteiger partial charge < -0.3 is 9.64 Å². The molecule has 0 bridgehead atoms. The van der Waals surface area contributed by atoms with Gasteiger partial charge in [-0.1, -0.05) is 17.7 Å². The van der Waals surface area contributed by atoms with E-state index < -0.39 is 35.1 Å². The number of nitrogens with one attached hydrogen (secondary N) is 1. The third-order valence-electron chi connectivity index (χ3n) is 3.62. The molecule has 0 saturated heterocycles. The molecule has 10 nitrogen and oxygen atoms in total. The molecular weight excluding hydrogens is 422 g/mol. The monoisotopic (exact) mass is 439 g/mol. The van der Waals surface area contributed by atoms with Crippen LogP contribution in [-0.2, 0) is 31.4 Å². The van der Waals surface area contributed by atoms with Gasteiger partial charge in [-0.05, 0) is 18.2 Å². The molecule has 0 unspecified atom stereocenters. The Labute approximate surface area is 172 Å². The van der Waals surface area contributed by atoms with Crippen molar-refractivity contribution in [2.45, 2.75) is 11.3 Å². The number of hydrogen-bond acceptors (Lipinski definition) is 7. The predicted molar refractivity (Wildman–Crippen MR) is 103 cm³/mol. The average molecular weight is 440 g/mol. The molecule has 0 spiro atoms. The molecule has 2 aromatic rings. The number of ether oxygens (including phenoxy) is 1. The summed E-state index contributed by atoms with van der Waals surface area (Å²) in [5.41, 5.74) is 0.450. The van der Waals surface area contributed by atoms with Crippen molar-refractivity contribution < 1.29 is 22.7 Å². The Morgan fingerprint density at radius 3 is 2.79 bits per heavy atom. The second-order valence-electron chi connectivity index (χ2n) is 5.77. The molecule has 1 aromatic heterocycles. The Hall–Kier alpha value is -2.94. The zero-order valence-electron chi connectivity index (χ0n) is 15.4. The molecule has 154 valence electrons. The van der Waals surface area contributed by atoms with Crippen LogP contribution in [-0.4, -0.2) is 49.8 Å². The molecule has 12 heteroatoms. The molecule has 0 radical (unpaired) electrons. The number of aromatic nitrogens is 2. The molecule has 1 N–H and O–H groups in total. The van der Waals surface area contributed by atoms with Crippen LogP contribution in [0.2, 0.25) is 5.02 Å². The number of esters is 1. The van der Waals surface area contributed by atoms with Gasteiger partial charge in [-0.15, -0.1) is 0 Å². The van der Waals surface area contributed by atoms with Crippen LogP contribution in [0, 0.1) is 11.3 Å². The first-order valence-electron chi connectivity index (χ1n) is 8.30. The highest BCUT2D eigenvalue weighted by Gasteiger charge is 2.20. The molecule has 0 fully saturated rings. The van der Waals surface area contributed by atoms with Gasteiger partial charge in [0.15, 0.2) is 6.61 Å². The number of aryl methyl sites for hydroxylation is 1. The van der Waals surface area contributed by atoms with Crippen molar-refractivity contribution >= 4 is 39.2 Å². The van der Waals surface area contributed by atoms with Crippen LogP contribution in [0.15, 0.2) is 41.6 Å². The first-order valence-corrected chi connectivity index (χ1v) is 10.2. The minimum Gasteiger partial charge on any atom is -0.455 e. The summed E-state index contributed by atoms with van der Waals surface area (Å²) in [7, 11) is -2.38. The van der Waals surface area contributed by atoms with Crippen LogP contribution in [0.1, 0.15) is 6.42 Å².